The lowest BCUT2D eigenvalue weighted by molar-refractivity contribution is 0.131. The molecular weight excluding hydrogens is 531 g/mol. The summed E-state index contributed by atoms with van der Waals surface area (Å²) in [4.78, 5) is 7.21. The van der Waals surface area contributed by atoms with Crippen molar-refractivity contribution in [3.05, 3.63) is 34.3 Å². The quantitative estimate of drug-likeness (QED) is 0.206. The number of piperidine rings is 1. The predicted molar refractivity (Wildman–Crippen MR) is 131 cm³/mol. The minimum atomic E-state index is 0. The van der Waals surface area contributed by atoms with Gasteiger partial charge in [0.1, 0.15) is 0 Å². The number of aliphatic imine (C=N–C) groups is 1. The van der Waals surface area contributed by atoms with Crippen molar-refractivity contribution < 1.29 is 4.74 Å². The van der Waals surface area contributed by atoms with Gasteiger partial charge < -0.3 is 15.4 Å². The van der Waals surface area contributed by atoms with Crippen LogP contribution >= 0.6 is 39.9 Å². The maximum absolute atomic E-state index is 5.68. The first kappa shape index (κ1) is 23.9. The molecule has 1 saturated heterocycles. The largest absolute Gasteiger partial charge is 0.379 e. The van der Waals surface area contributed by atoms with Crippen molar-refractivity contribution in [1.29, 1.82) is 0 Å². The third-order valence-electron chi connectivity index (χ3n) is 5.15. The highest BCUT2D eigenvalue weighted by atomic mass is 127. The monoisotopic (exact) mass is 564 g/mol. The molecule has 0 radical (unpaired) electrons. The van der Waals surface area contributed by atoms with E-state index in [2.05, 4.69) is 67.6 Å². The lowest BCUT2D eigenvalue weighted by Crippen LogP contribution is -2.48. The highest BCUT2D eigenvalue weighted by molar-refractivity contribution is 14.0. The molecule has 0 atom stereocenters. The van der Waals surface area contributed by atoms with E-state index >= 15 is 0 Å². The van der Waals surface area contributed by atoms with E-state index in [-0.39, 0.29) is 24.0 Å². The minimum Gasteiger partial charge on any atom is -0.379 e. The number of likely N-dealkylation sites (tertiary alicyclic amines) is 1. The number of rotatable bonds is 9. The number of nitrogens with one attached hydrogen (secondary N) is 2. The van der Waals surface area contributed by atoms with Gasteiger partial charge in [-0.1, -0.05) is 28.1 Å². The van der Waals surface area contributed by atoms with Gasteiger partial charge in [-0.2, -0.15) is 0 Å². The van der Waals surface area contributed by atoms with Crippen molar-refractivity contribution in [3.63, 3.8) is 0 Å². The van der Waals surface area contributed by atoms with Crippen molar-refractivity contribution in [2.45, 2.75) is 45.2 Å². The fraction of sp³-hybridized carbons (Fsp3) is 0.667. The summed E-state index contributed by atoms with van der Waals surface area (Å²) in [5, 5.41) is 6.97. The summed E-state index contributed by atoms with van der Waals surface area (Å²) >= 11 is 3.50. The molecule has 7 heteroatoms. The molecule has 1 aromatic carbocycles. The molecule has 0 amide bonds. The molecule has 28 heavy (non-hydrogen) atoms. The number of halogens is 2. The Morgan fingerprint density at radius 2 is 1.89 bits per heavy atom. The highest BCUT2D eigenvalue weighted by Gasteiger charge is 2.21. The lowest BCUT2D eigenvalue weighted by Gasteiger charge is -2.33. The molecule has 1 heterocycles. The molecule has 0 bridgehead atoms. The Bertz CT molecular complexity index is 587. The summed E-state index contributed by atoms with van der Waals surface area (Å²) in [7, 11) is 0. The highest BCUT2D eigenvalue weighted by Crippen LogP contribution is 2.28. The van der Waals surface area contributed by atoms with E-state index in [1.54, 1.807) is 0 Å². The zero-order valence-corrected chi connectivity index (χ0v) is 20.7. The van der Waals surface area contributed by atoms with E-state index in [1.165, 1.54) is 18.4 Å². The zero-order chi connectivity index (χ0) is 18.9. The summed E-state index contributed by atoms with van der Waals surface area (Å²) in [6.45, 7) is 8.64. The fourth-order valence-corrected chi connectivity index (χ4v) is 3.62. The van der Waals surface area contributed by atoms with Crippen molar-refractivity contribution in [2.75, 3.05) is 39.4 Å². The Kier molecular flexibility index (Phi) is 11.1. The second kappa shape index (κ2) is 13.0. The summed E-state index contributed by atoms with van der Waals surface area (Å²) < 4.78 is 6.82. The van der Waals surface area contributed by atoms with E-state index in [9.17, 15) is 0 Å². The maximum Gasteiger partial charge on any atom is 0.191 e. The number of hydrogen-bond donors (Lipinski definition) is 2. The molecule has 1 saturated carbocycles. The average Bonchev–Trinajstić information content (AvgIpc) is 3.49. The molecule has 2 aliphatic rings. The van der Waals surface area contributed by atoms with E-state index in [1.807, 2.05) is 0 Å². The first-order valence-corrected chi connectivity index (χ1v) is 11.1. The van der Waals surface area contributed by atoms with Crippen LogP contribution in [0.25, 0.3) is 0 Å². The minimum absolute atomic E-state index is 0. The normalized spacial score (nSPS) is 18.6. The van der Waals surface area contributed by atoms with Crippen LogP contribution in [0.5, 0.6) is 0 Å². The molecule has 3 rings (SSSR count). The second-order valence-corrected chi connectivity index (χ2v) is 8.52. The van der Waals surface area contributed by atoms with E-state index < -0.39 is 0 Å². The maximum atomic E-state index is 5.68. The smallest absolute Gasteiger partial charge is 0.191 e. The van der Waals surface area contributed by atoms with Crippen LogP contribution in [-0.4, -0.2) is 56.3 Å². The van der Waals surface area contributed by atoms with Crippen molar-refractivity contribution in [3.8, 4) is 0 Å². The molecule has 158 valence electrons. The first-order chi connectivity index (χ1) is 13.2. The van der Waals surface area contributed by atoms with Gasteiger partial charge in [0.25, 0.3) is 0 Å². The van der Waals surface area contributed by atoms with Crippen molar-refractivity contribution in [1.82, 2.24) is 15.5 Å². The molecule has 1 aliphatic carbocycles. The van der Waals surface area contributed by atoms with Crippen molar-refractivity contribution >= 4 is 45.9 Å². The van der Waals surface area contributed by atoms with Crippen LogP contribution in [0.4, 0.5) is 0 Å². The van der Waals surface area contributed by atoms with Crippen LogP contribution in [0.3, 0.4) is 0 Å². The molecule has 1 aromatic rings. The average molecular weight is 565 g/mol. The van der Waals surface area contributed by atoms with Crippen LogP contribution in [0.15, 0.2) is 33.7 Å². The molecule has 2 fully saturated rings. The van der Waals surface area contributed by atoms with E-state index in [0.717, 1.165) is 75.1 Å². The first-order valence-electron chi connectivity index (χ1n) is 10.3. The number of benzene rings is 1. The Morgan fingerprint density at radius 3 is 2.54 bits per heavy atom. The van der Waals surface area contributed by atoms with Gasteiger partial charge in [-0.3, -0.25) is 9.89 Å². The molecule has 5 nitrogen and oxygen atoms in total. The SMILES string of the molecule is CCNC(=NCCOCC1CC1)NC1CCN(Cc2ccc(Br)cc2)CC1.I. The Labute approximate surface area is 195 Å². The number of hydrogen-bond acceptors (Lipinski definition) is 3. The zero-order valence-electron chi connectivity index (χ0n) is 16.8. The molecule has 2 N–H and O–H groups in total. The third-order valence-corrected chi connectivity index (χ3v) is 5.68. The molecule has 0 aromatic heterocycles. The number of guanidine groups is 1. The molecule has 0 unspecified atom stereocenters. The van der Waals surface area contributed by atoms with Crippen LogP contribution in [0, 0.1) is 5.92 Å². The molecule has 0 spiro atoms. The lowest BCUT2D eigenvalue weighted by atomic mass is 10.0. The van der Waals surface area contributed by atoms with Gasteiger partial charge in [0, 0.05) is 43.3 Å². The third kappa shape index (κ3) is 8.97. The Balaban J connectivity index is 0.00000280. The predicted octanol–water partition coefficient (Wildman–Crippen LogP) is 4.01. The van der Waals surface area contributed by atoms with Crippen LogP contribution < -0.4 is 10.6 Å². The Hall–Kier alpha value is -0.380. The number of nitrogens with zero attached hydrogens (tertiary/aromatic N) is 2. The van der Waals surface area contributed by atoms with Crippen LogP contribution in [0.1, 0.15) is 38.2 Å². The molecular formula is C21H34BrIN4O. The van der Waals surface area contributed by atoms with Gasteiger partial charge in [0.2, 0.25) is 0 Å². The van der Waals surface area contributed by atoms with Crippen molar-refractivity contribution in [2.24, 2.45) is 10.9 Å². The van der Waals surface area contributed by atoms with Crippen LogP contribution in [-0.2, 0) is 11.3 Å². The fourth-order valence-electron chi connectivity index (χ4n) is 3.35. The van der Waals surface area contributed by atoms with Gasteiger partial charge >= 0.3 is 0 Å². The molecule has 1 aliphatic heterocycles. The summed E-state index contributed by atoms with van der Waals surface area (Å²) in [5.74, 6) is 1.75. The summed E-state index contributed by atoms with van der Waals surface area (Å²) in [6.07, 6.45) is 4.99. The summed E-state index contributed by atoms with van der Waals surface area (Å²) in [6, 6.07) is 9.15. The van der Waals surface area contributed by atoms with Gasteiger partial charge in [-0.15, -0.1) is 24.0 Å². The van der Waals surface area contributed by atoms with Crippen LogP contribution in [0.2, 0.25) is 0 Å². The standard InChI is InChI=1S/C21H33BrN4O.HI/c1-2-23-21(24-11-14-27-16-18-3-4-18)25-20-9-12-26(13-10-20)15-17-5-7-19(22)8-6-17;/h5-8,18,20H,2-4,9-16H2,1H3,(H2,23,24,25);1H. The van der Waals surface area contributed by atoms with E-state index in [4.69, 9.17) is 4.74 Å². The van der Waals surface area contributed by atoms with E-state index in [0.29, 0.717) is 6.04 Å². The topological polar surface area (TPSA) is 48.9 Å². The van der Waals surface area contributed by atoms with Gasteiger partial charge in [0.15, 0.2) is 5.96 Å². The van der Waals surface area contributed by atoms with Gasteiger partial charge in [0.05, 0.1) is 13.2 Å². The summed E-state index contributed by atoms with van der Waals surface area (Å²) in [5.41, 5.74) is 1.38. The van der Waals surface area contributed by atoms with Gasteiger partial charge in [-0.05, 0) is 56.2 Å². The second-order valence-electron chi connectivity index (χ2n) is 7.60. The Morgan fingerprint density at radius 1 is 1.18 bits per heavy atom. The van der Waals surface area contributed by atoms with Gasteiger partial charge in [-0.25, -0.2) is 0 Å². The number of ether oxygens (including phenoxy) is 1.